The first-order chi connectivity index (χ1) is 11.9. The van der Waals surface area contributed by atoms with E-state index in [1.54, 1.807) is 4.68 Å². The molecule has 0 aliphatic heterocycles. The zero-order chi connectivity index (χ0) is 18.0. The lowest BCUT2D eigenvalue weighted by Gasteiger charge is -2.10. The van der Waals surface area contributed by atoms with Gasteiger partial charge in [0, 0.05) is 29.2 Å². The van der Waals surface area contributed by atoms with E-state index in [2.05, 4.69) is 31.4 Å². The summed E-state index contributed by atoms with van der Waals surface area (Å²) in [4.78, 5) is 12.4. The van der Waals surface area contributed by atoms with Crippen molar-refractivity contribution in [2.45, 2.75) is 33.7 Å². The maximum atomic E-state index is 12.4. The zero-order valence-electron chi connectivity index (χ0n) is 14.5. The number of aryl methyl sites for hydroxylation is 4. The van der Waals surface area contributed by atoms with Crippen molar-refractivity contribution in [2.24, 2.45) is 0 Å². The van der Waals surface area contributed by atoms with E-state index in [1.807, 2.05) is 61.9 Å². The number of anilines is 1. The van der Waals surface area contributed by atoms with E-state index in [0.29, 0.717) is 18.8 Å². The van der Waals surface area contributed by atoms with Crippen molar-refractivity contribution in [2.75, 3.05) is 5.32 Å². The fraction of sp³-hybridized carbons (Fsp3) is 0.278. The minimum absolute atomic E-state index is 0.0660. The van der Waals surface area contributed by atoms with Gasteiger partial charge in [0.2, 0.25) is 5.91 Å². The van der Waals surface area contributed by atoms with Crippen LogP contribution in [0.3, 0.4) is 0 Å². The minimum Gasteiger partial charge on any atom is -0.311 e. The van der Waals surface area contributed by atoms with Crippen LogP contribution in [0.5, 0.6) is 0 Å². The second kappa shape index (κ2) is 7.23. The highest BCUT2D eigenvalue weighted by Gasteiger charge is 2.12. The molecular formula is C18H20BrN5O. The average Bonchev–Trinajstić information content (AvgIpc) is 3.07. The molecule has 2 aromatic heterocycles. The van der Waals surface area contributed by atoms with Crippen LogP contribution < -0.4 is 5.32 Å². The Kier molecular flexibility index (Phi) is 5.03. The molecule has 0 unspecified atom stereocenters. The molecule has 1 aromatic carbocycles. The van der Waals surface area contributed by atoms with Gasteiger partial charge in [-0.2, -0.15) is 10.2 Å². The predicted molar refractivity (Wildman–Crippen MR) is 101 cm³/mol. The van der Waals surface area contributed by atoms with Gasteiger partial charge in [-0.25, -0.2) is 4.68 Å². The molecule has 0 atom stereocenters. The molecule has 3 rings (SSSR count). The Hall–Kier alpha value is -2.41. The van der Waals surface area contributed by atoms with Crippen LogP contribution in [-0.2, 0) is 11.3 Å². The van der Waals surface area contributed by atoms with Crippen LogP contribution in [0.2, 0.25) is 0 Å². The summed E-state index contributed by atoms with van der Waals surface area (Å²) in [6.45, 7) is 6.39. The van der Waals surface area contributed by atoms with E-state index in [0.717, 1.165) is 27.2 Å². The van der Waals surface area contributed by atoms with Gasteiger partial charge in [-0.1, -0.05) is 22.0 Å². The van der Waals surface area contributed by atoms with Crippen LogP contribution in [0.15, 0.2) is 40.9 Å². The second-order valence-electron chi connectivity index (χ2n) is 6.01. The molecule has 2 heterocycles. The van der Waals surface area contributed by atoms with E-state index in [1.165, 1.54) is 0 Å². The summed E-state index contributed by atoms with van der Waals surface area (Å²) in [5.74, 6) is 0.595. The maximum Gasteiger partial charge on any atom is 0.227 e. The van der Waals surface area contributed by atoms with Gasteiger partial charge in [0.05, 0.1) is 17.1 Å². The molecular weight excluding hydrogens is 382 g/mol. The number of nitrogens with one attached hydrogen (secondary N) is 1. The number of hydrogen-bond donors (Lipinski definition) is 1. The van der Waals surface area contributed by atoms with Gasteiger partial charge in [-0.15, -0.1) is 0 Å². The number of hydrogen-bond acceptors (Lipinski definition) is 3. The van der Waals surface area contributed by atoms with Gasteiger partial charge < -0.3 is 5.32 Å². The lowest BCUT2D eigenvalue weighted by Crippen LogP contribution is -2.17. The van der Waals surface area contributed by atoms with Gasteiger partial charge in [0.1, 0.15) is 5.82 Å². The molecule has 0 saturated heterocycles. The van der Waals surface area contributed by atoms with Crippen molar-refractivity contribution in [3.05, 3.63) is 58.0 Å². The number of nitrogens with zero attached hydrogens (tertiary/aromatic N) is 4. The SMILES string of the molecule is Cc1cc(C)n(CCC(=O)Nc2cc(C)nn2-c2cccc(Br)c2)n1. The van der Waals surface area contributed by atoms with Crippen LogP contribution in [0.1, 0.15) is 23.5 Å². The summed E-state index contributed by atoms with van der Waals surface area (Å²) in [6, 6.07) is 11.7. The van der Waals surface area contributed by atoms with Gasteiger partial charge in [-0.3, -0.25) is 9.48 Å². The van der Waals surface area contributed by atoms with Crippen LogP contribution in [0.25, 0.3) is 5.69 Å². The molecule has 0 fully saturated rings. The summed E-state index contributed by atoms with van der Waals surface area (Å²) >= 11 is 3.46. The predicted octanol–water partition coefficient (Wildman–Crippen LogP) is 3.79. The van der Waals surface area contributed by atoms with Crippen molar-refractivity contribution in [1.82, 2.24) is 19.6 Å². The molecule has 1 amide bonds. The van der Waals surface area contributed by atoms with Gasteiger partial charge in [0.15, 0.2) is 0 Å². The normalized spacial score (nSPS) is 10.9. The number of halogens is 1. The van der Waals surface area contributed by atoms with E-state index in [4.69, 9.17) is 0 Å². The molecule has 0 aliphatic rings. The first-order valence-electron chi connectivity index (χ1n) is 8.06. The molecule has 7 heteroatoms. The molecule has 0 radical (unpaired) electrons. The molecule has 0 aliphatic carbocycles. The quantitative estimate of drug-likeness (QED) is 0.707. The second-order valence-corrected chi connectivity index (χ2v) is 6.93. The van der Waals surface area contributed by atoms with Gasteiger partial charge >= 0.3 is 0 Å². The lowest BCUT2D eigenvalue weighted by atomic mass is 10.3. The Morgan fingerprint density at radius 1 is 1.12 bits per heavy atom. The summed E-state index contributed by atoms with van der Waals surface area (Å²) in [6.07, 6.45) is 0.352. The Morgan fingerprint density at radius 2 is 1.88 bits per heavy atom. The van der Waals surface area contributed by atoms with Crippen molar-refractivity contribution in [3.63, 3.8) is 0 Å². The third-order valence-corrected chi connectivity index (χ3v) is 4.30. The number of rotatable bonds is 5. The fourth-order valence-corrected chi connectivity index (χ4v) is 3.09. The molecule has 0 bridgehead atoms. The van der Waals surface area contributed by atoms with Crippen molar-refractivity contribution in [1.29, 1.82) is 0 Å². The van der Waals surface area contributed by atoms with Crippen molar-refractivity contribution < 1.29 is 4.79 Å². The molecule has 0 saturated carbocycles. The van der Waals surface area contributed by atoms with Crippen molar-refractivity contribution in [3.8, 4) is 5.69 Å². The lowest BCUT2D eigenvalue weighted by molar-refractivity contribution is -0.116. The van der Waals surface area contributed by atoms with Gasteiger partial charge in [0.25, 0.3) is 0 Å². The van der Waals surface area contributed by atoms with Crippen LogP contribution >= 0.6 is 15.9 Å². The third-order valence-electron chi connectivity index (χ3n) is 3.81. The molecule has 1 N–H and O–H groups in total. The Balaban J connectivity index is 1.72. The summed E-state index contributed by atoms with van der Waals surface area (Å²) < 4.78 is 4.55. The number of carbonyl (C=O) groups is 1. The number of benzene rings is 1. The van der Waals surface area contributed by atoms with Crippen LogP contribution in [0, 0.1) is 20.8 Å². The van der Waals surface area contributed by atoms with Crippen molar-refractivity contribution >= 4 is 27.7 Å². The summed E-state index contributed by atoms with van der Waals surface area (Å²) in [5.41, 5.74) is 3.74. The number of amides is 1. The van der Waals surface area contributed by atoms with E-state index in [-0.39, 0.29) is 5.91 Å². The zero-order valence-corrected chi connectivity index (χ0v) is 16.0. The van der Waals surface area contributed by atoms with Crippen LogP contribution in [0.4, 0.5) is 5.82 Å². The molecule has 25 heavy (non-hydrogen) atoms. The van der Waals surface area contributed by atoms with E-state index < -0.39 is 0 Å². The highest BCUT2D eigenvalue weighted by atomic mass is 79.9. The number of carbonyl (C=O) groups excluding carboxylic acids is 1. The maximum absolute atomic E-state index is 12.4. The fourth-order valence-electron chi connectivity index (χ4n) is 2.71. The first kappa shape index (κ1) is 17.4. The standard InChI is InChI=1S/C18H20BrN5O/c1-12-9-14(3)23(21-12)8-7-18(25)20-17-10-13(2)22-24(17)16-6-4-5-15(19)11-16/h4-6,9-11H,7-8H2,1-3H3,(H,20,25). The Morgan fingerprint density at radius 3 is 2.56 bits per heavy atom. The Bertz CT molecular complexity index is 912. The molecule has 130 valence electrons. The van der Waals surface area contributed by atoms with E-state index >= 15 is 0 Å². The average molecular weight is 402 g/mol. The molecule has 0 spiro atoms. The highest BCUT2D eigenvalue weighted by molar-refractivity contribution is 9.10. The first-order valence-corrected chi connectivity index (χ1v) is 8.85. The topological polar surface area (TPSA) is 64.7 Å². The monoisotopic (exact) mass is 401 g/mol. The highest BCUT2D eigenvalue weighted by Crippen LogP contribution is 2.20. The van der Waals surface area contributed by atoms with Crippen LogP contribution in [-0.4, -0.2) is 25.5 Å². The minimum atomic E-state index is -0.0660. The summed E-state index contributed by atoms with van der Waals surface area (Å²) in [5, 5.41) is 11.8. The molecule has 3 aromatic rings. The van der Waals surface area contributed by atoms with E-state index in [9.17, 15) is 4.79 Å². The third kappa shape index (κ3) is 4.17. The molecule has 6 nitrogen and oxygen atoms in total. The smallest absolute Gasteiger partial charge is 0.227 e. The largest absolute Gasteiger partial charge is 0.311 e. The van der Waals surface area contributed by atoms with Gasteiger partial charge in [-0.05, 0) is 45.0 Å². The summed E-state index contributed by atoms with van der Waals surface area (Å²) in [7, 11) is 0. The number of aromatic nitrogens is 4. The Labute approximate surface area is 155 Å².